The van der Waals surface area contributed by atoms with E-state index in [0.717, 1.165) is 11.1 Å². The molecule has 2 aromatic rings. The van der Waals surface area contributed by atoms with Crippen LogP contribution in [0.15, 0.2) is 48.8 Å². The summed E-state index contributed by atoms with van der Waals surface area (Å²) in [4.78, 5) is 3.91. The van der Waals surface area contributed by atoms with E-state index in [-0.39, 0.29) is 0 Å². The Morgan fingerprint density at radius 1 is 1.06 bits per heavy atom. The van der Waals surface area contributed by atoms with Crippen molar-refractivity contribution in [2.75, 3.05) is 0 Å². The van der Waals surface area contributed by atoms with Crippen molar-refractivity contribution in [3.8, 4) is 6.07 Å². The first-order chi connectivity index (χ1) is 7.90. The molecule has 0 N–H and O–H groups in total. The SMILES string of the molecule is N#Cc1cnccc1/C=C/c1ccccc1. The minimum absolute atomic E-state index is 0.592. The van der Waals surface area contributed by atoms with E-state index >= 15 is 0 Å². The molecule has 0 fully saturated rings. The average molecular weight is 206 g/mol. The van der Waals surface area contributed by atoms with E-state index in [1.807, 2.05) is 48.6 Å². The van der Waals surface area contributed by atoms with E-state index in [1.54, 1.807) is 12.4 Å². The zero-order chi connectivity index (χ0) is 11.2. The third-order valence-electron chi connectivity index (χ3n) is 2.23. The van der Waals surface area contributed by atoms with Crippen molar-refractivity contribution >= 4 is 12.2 Å². The van der Waals surface area contributed by atoms with Gasteiger partial charge in [-0.3, -0.25) is 4.98 Å². The molecule has 0 aliphatic rings. The van der Waals surface area contributed by atoms with Gasteiger partial charge < -0.3 is 0 Å². The highest BCUT2D eigenvalue weighted by molar-refractivity contribution is 5.72. The smallest absolute Gasteiger partial charge is 0.101 e. The molecule has 1 aromatic carbocycles. The van der Waals surface area contributed by atoms with E-state index in [0.29, 0.717) is 5.56 Å². The van der Waals surface area contributed by atoms with E-state index < -0.39 is 0 Å². The van der Waals surface area contributed by atoms with Crippen LogP contribution in [0.5, 0.6) is 0 Å². The van der Waals surface area contributed by atoms with Crippen molar-refractivity contribution < 1.29 is 0 Å². The Kier molecular flexibility index (Phi) is 3.10. The molecule has 0 saturated heterocycles. The van der Waals surface area contributed by atoms with Gasteiger partial charge in [0, 0.05) is 12.4 Å². The Balaban J connectivity index is 2.28. The third-order valence-corrected chi connectivity index (χ3v) is 2.23. The quantitative estimate of drug-likeness (QED) is 0.756. The fourth-order valence-corrected chi connectivity index (χ4v) is 1.39. The Bertz CT molecular complexity index is 536. The number of benzene rings is 1. The summed E-state index contributed by atoms with van der Waals surface area (Å²) in [5.74, 6) is 0. The van der Waals surface area contributed by atoms with E-state index in [2.05, 4.69) is 11.1 Å². The molecule has 0 aliphatic heterocycles. The number of hydrogen-bond donors (Lipinski definition) is 0. The second-order valence-electron chi connectivity index (χ2n) is 3.32. The van der Waals surface area contributed by atoms with Gasteiger partial charge in [-0.05, 0) is 17.2 Å². The number of nitrogens with zero attached hydrogens (tertiary/aromatic N) is 2. The zero-order valence-electron chi connectivity index (χ0n) is 8.67. The van der Waals surface area contributed by atoms with Gasteiger partial charge in [-0.15, -0.1) is 0 Å². The molecule has 0 aliphatic carbocycles. The molecule has 1 aromatic heterocycles. The molecule has 0 spiro atoms. The van der Waals surface area contributed by atoms with Crippen LogP contribution in [0.3, 0.4) is 0 Å². The lowest BCUT2D eigenvalue weighted by Crippen LogP contribution is -1.82. The summed E-state index contributed by atoms with van der Waals surface area (Å²) >= 11 is 0. The second kappa shape index (κ2) is 4.90. The summed E-state index contributed by atoms with van der Waals surface area (Å²) in [6.07, 6.45) is 7.17. The summed E-state index contributed by atoms with van der Waals surface area (Å²) in [5.41, 5.74) is 2.60. The molecule has 0 saturated carbocycles. The van der Waals surface area contributed by atoms with Gasteiger partial charge in [0.05, 0.1) is 5.56 Å². The number of hydrogen-bond acceptors (Lipinski definition) is 2. The van der Waals surface area contributed by atoms with Crippen molar-refractivity contribution in [1.82, 2.24) is 4.98 Å². The highest BCUT2D eigenvalue weighted by Crippen LogP contribution is 2.10. The molecule has 2 nitrogen and oxygen atoms in total. The Morgan fingerprint density at radius 2 is 1.88 bits per heavy atom. The van der Waals surface area contributed by atoms with Crippen molar-refractivity contribution in [2.24, 2.45) is 0 Å². The van der Waals surface area contributed by atoms with Gasteiger partial charge in [0.1, 0.15) is 6.07 Å². The van der Waals surface area contributed by atoms with Crippen LogP contribution >= 0.6 is 0 Å². The van der Waals surface area contributed by atoms with Gasteiger partial charge in [0.15, 0.2) is 0 Å². The first-order valence-corrected chi connectivity index (χ1v) is 4.97. The Morgan fingerprint density at radius 3 is 2.62 bits per heavy atom. The lowest BCUT2D eigenvalue weighted by atomic mass is 10.1. The van der Waals surface area contributed by atoms with Crippen LogP contribution in [-0.2, 0) is 0 Å². The summed E-state index contributed by atoms with van der Waals surface area (Å²) in [6.45, 7) is 0. The molecule has 0 amide bonds. The minimum atomic E-state index is 0.592. The van der Waals surface area contributed by atoms with Crippen molar-refractivity contribution in [3.05, 3.63) is 65.5 Å². The molecule has 0 unspecified atom stereocenters. The van der Waals surface area contributed by atoms with Crippen LogP contribution in [-0.4, -0.2) is 4.98 Å². The van der Waals surface area contributed by atoms with Gasteiger partial charge in [-0.2, -0.15) is 5.26 Å². The van der Waals surface area contributed by atoms with Crippen LogP contribution in [0.2, 0.25) is 0 Å². The lowest BCUT2D eigenvalue weighted by molar-refractivity contribution is 1.29. The predicted octanol–water partition coefficient (Wildman–Crippen LogP) is 3.12. The monoisotopic (exact) mass is 206 g/mol. The van der Waals surface area contributed by atoms with Crippen molar-refractivity contribution in [2.45, 2.75) is 0 Å². The summed E-state index contributed by atoms with van der Waals surface area (Å²) in [5, 5.41) is 8.89. The molecular formula is C14H10N2. The van der Waals surface area contributed by atoms with E-state index in [4.69, 9.17) is 5.26 Å². The van der Waals surface area contributed by atoms with Gasteiger partial charge in [0.2, 0.25) is 0 Å². The molecule has 2 rings (SSSR count). The fraction of sp³-hybridized carbons (Fsp3) is 0. The molecule has 76 valence electrons. The largest absolute Gasteiger partial charge is 0.263 e. The minimum Gasteiger partial charge on any atom is -0.263 e. The maximum absolute atomic E-state index is 8.89. The van der Waals surface area contributed by atoms with E-state index in [9.17, 15) is 0 Å². The predicted molar refractivity (Wildman–Crippen MR) is 64.3 cm³/mol. The second-order valence-corrected chi connectivity index (χ2v) is 3.32. The maximum atomic E-state index is 8.89. The standard InChI is InChI=1S/C14H10N2/c15-10-14-11-16-9-8-13(14)7-6-12-4-2-1-3-5-12/h1-9,11H/b7-6+. The molecule has 0 atom stereocenters. The van der Waals surface area contributed by atoms with Gasteiger partial charge in [-0.1, -0.05) is 42.5 Å². The average Bonchev–Trinajstić information content (AvgIpc) is 2.38. The zero-order valence-corrected chi connectivity index (χ0v) is 8.67. The Labute approximate surface area is 94.5 Å². The van der Waals surface area contributed by atoms with E-state index in [1.165, 1.54) is 0 Å². The Hall–Kier alpha value is -2.40. The molecule has 0 radical (unpaired) electrons. The van der Waals surface area contributed by atoms with Crippen LogP contribution in [0, 0.1) is 11.3 Å². The highest BCUT2D eigenvalue weighted by Gasteiger charge is 1.96. The van der Waals surface area contributed by atoms with Crippen LogP contribution < -0.4 is 0 Å². The summed E-state index contributed by atoms with van der Waals surface area (Å²) in [6, 6.07) is 13.9. The molecule has 1 heterocycles. The molecule has 0 bridgehead atoms. The van der Waals surface area contributed by atoms with Crippen LogP contribution in [0.4, 0.5) is 0 Å². The molecular weight excluding hydrogens is 196 g/mol. The van der Waals surface area contributed by atoms with Gasteiger partial charge in [0.25, 0.3) is 0 Å². The number of nitriles is 1. The number of pyridine rings is 1. The lowest BCUT2D eigenvalue weighted by Gasteiger charge is -1.96. The highest BCUT2D eigenvalue weighted by atomic mass is 14.6. The van der Waals surface area contributed by atoms with Crippen LogP contribution in [0.25, 0.3) is 12.2 Å². The van der Waals surface area contributed by atoms with Crippen molar-refractivity contribution in [1.29, 1.82) is 5.26 Å². The normalized spacial score (nSPS) is 10.2. The molecule has 16 heavy (non-hydrogen) atoms. The van der Waals surface area contributed by atoms with Crippen molar-refractivity contribution in [3.63, 3.8) is 0 Å². The summed E-state index contributed by atoms with van der Waals surface area (Å²) in [7, 11) is 0. The number of aromatic nitrogens is 1. The third kappa shape index (κ3) is 2.34. The topological polar surface area (TPSA) is 36.7 Å². The number of rotatable bonds is 2. The first kappa shape index (κ1) is 10.1. The first-order valence-electron chi connectivity index (χ1n) is 4.97. The fourth-order valence-electron chi connectivity index (χ4n) is 1.39. The molecule has 2 heteroatoms. The maximum Gasteiger partial charge on any atom is 0.101 e. The van der Waals surface area contributed by atoms with Gasteiger partial charge >= 0.3 is 0 Å². The van der Waals surface area contributed by atoms with Crippen LogP contribution in [0.1, 0.15) is 16.7 Å². The van der Waals surface area contributed by atoms with Gasteiger partial charge in [-0.25, -0.2) is 0 Å². The summed E-state index contributed by atoms with van der Waals surface area (Å²) < 4.78 is 0.